The number of nitrogens with zero attached hydrogens (tertiary/aromatic N) is 1. The fraction of sp³-hybridized carbons (Fsp3) is 0.367. The lowest BCUT2D eigenvalue weighted by Gasteiger charge is -2.22. The molecule has 0 aliphatic carbocycles. The third-order valence-corrected chi connectivity index (χ3v) is 7.28. The van der Waals surface area contributed by atoms with Gasteiger partial charge < -0.3 is 4.74 Å². The number of halogens is 6. The van der Waals surface area contributed by atoms with Gasteiger partial charge in [0.2, 0.25) is 5.12 Å². The molecule has 2 aromatic carbocycles. The van der Waals surface area contributed by atoms with E-state index in [0.29, 0.717) is 27.8 Å². The highest BCUT2D eigenvalue weighted by atomic mass is 32.2. The van der Waals surface area contributed by atoms with Crippen molar-refractivity contribution < 1.29 is 40.7 Å². The topological polar surface area (TPSA) is 56.3 Å². The summed E-state index contributed by atoms with van der Waals surface area (Å²) in [6.45, 7) is 7.13. The molecule has 0 N–H and O–H groups in total. The van der Waals surface area contributed by atoms with Crippen molar-refractivity contribution in [1.82, 2.24) is 4.98 Å². The number of alkyl halides is 5. The van der Waals surface area contributed by atoms with E-state index < -0.39 is 63.5 Å². The number of rotatable bonds is 9. The summed E-state index contributed by atoms with van der Waals surface area (Å²) in [6, 6.07) is 10.8. The van der Waals surface area contributed by atoms with E-state index in [2.05, 4.69) is 9.72 Å². The number of hydrogen-bond acceptors (Lipinski definition) is 5. The van der Waals surface area contributed by atoms with Gasteiger partial charge in [0.1, 0.15) is 11.5 Å². The predicted octanol–water partition coefficient (Wildman–Crippen LogP) is 8.81. The number of methoxy groups -OCH3 is 1. The summed E-state index contributed by atoms with van der Waals surface area (Å²) in [4.78, 5) is 29.8. The van der Waals surface area contributed by atoms with E-state index in [1.165, 1.54) is 12.1 Å². The van der Waals surface area contributed by atoms with Gasteiger partial charge in [-0.1, -0.05) is 52.0 Å². The van der Waals surface area contributed by atoms with Crippen LogP contribution < -0.4 is 0 Å². The number of thioether (sulfide) groups is 1. The molecule has 3 aromatic rings. The summed E-state index contributed by atoms with van der Waals surface area (Å²) in [6.07, 6.45) is -8.84. The highest BCUT2D eigenvalue weighted by Crippen LogP contribution is 2.41. The van der Waals surface area contributed by atoms with E-state index in [9.17, 15) is 35.9 Å². The predicted molar refractivity (Wildman–Crippen MR) is 144 cm³/mol. The third-order valence-electron chi connectivity index (χ3n) is 6.27. The molecule has 0 aliphatic rings. The quantitative estimate of drug-likeness (QED) is 0.140. The van der Waals surface area contributed by atoms with Crippen molar-refractivity contribution in [1.29, 1.82) is 0 Å². The highest BCUT2D eigenvalue weighted by Gasteiger charge is 2.43. The normalized spacial score (nSPS) is 12.0. The SMILES string of the molecule is COC(=O)c1c(C(F)F)nc(C(F)(F)F)c(C(=O)Sc2ccc(C(C)C)cc2Cc2ccc(F)cc2)c1CC(C)C. The number of ether oxygens (including phenoxy) is 1. The average Bonchev–Trinajstić information content (AvgIpc) is 2.88. The number of aromatic nitrogens is 1. The van der Waals surface area contributed by atoms with Gasteiger partial charge in [-0.3, -0.25) is 4.79 Å². The van der Waals surface area contributed by atoms with Crippen molar-refractivity contribution in [2.24, 2.45) is 5.92 Å². The summed E-state index contributed by atoms with van der Waals surface area (Å²) < 4.78 is 88.7. The van der Waals surface area contributed by atoms with Crippen LogP contribution >= 0.6 is 11.8 Å². The minimum Gasteiger partial charge on any atom is -0.465 e. The second-order valence-electron chi connectivity index (χ2n) is 10.2. The third kappa shape index (κ3) is 7.69. The molecule has 0 amide bonds. The molecule has 0 unspecified atom stereocenters. The summed E-state index contributed by atoms with van der Waals surface area (Å²) in [5, 5.41) is -1.11. The van der Waals surface area contributed by atoms with Crippen LogP contribution in [0.4, 0.5) is 26.3 Å². The van der Waals surface area contributed by atoms with Crippen molar-refractivity contribution >= 4 is 22.8 Å². The Morgan fingerprint density at radius 3 is 2.12 bits per heavy atom. The molecule has 0 aliphatic heterocycles. The standard InChI is InChI=1S/C30H29F6NO3S/c1-15(2)12-21-23(28(38)40-5)25(27(32)33)37-26(30(34,35)36)24(21)29(39)41-22-11-8-18(16(3)4)14-19(22)13-17-6-9-20(31)10-7-17/h6-11,14-16,27H,12-13H2,1-5H3. The van der Waals surface area contributed by atoms with E-state index in [0.717, 1.165) is 12.7 Å². The fourth-order valence-corrected chi connectivity index (χ4v) is 5.27. The van der Waals surface area contributed by atoms with Crippen LogP contribution in [0.15, 0.2) is 47.4 Å². The van der Waals surface area contributed by atoms with Gasteiger partial charge in [0.05, 0.1) is 18.2 Å². The van der Waals surface area contributed by atoms with Crippen LogP contribution in [-0.2, 0) is 23.8 Å². The van der Waals surface area contributed by atoms with Gasteiger partial charge in [-0.15, -0.1) is 0 Å². The lowest BCUT2D eigenvalue weighted by Crippen LogP contribution is -2.24. The van der Waals surface area contributed by atoms with E-state index in [4.69, 9.17) is 0 Å². The molecule has 3 rings (SSSR count). The van der Waals surface area contributed by atoms with E-state index in [-0.39, 0.29) is 18.8 Å². The Labute approximate surface area is 238 Å². The molecular formula is C30H29F6NO3S. The summed E-state index contributed by atoms with van der Waals surface area (Å²) in [5.74, 6) is -2.06. The van der Waals surface area contributed by atoms with Gasteiger partial charge in [0, 0.05) is 4.90 Å². The van der Waals surface area contributed by atoms with E-state index in [1.807, 2.05) is 19.9 Å². The first kappa shape index (κ1) is 32.2. The van der Waals surface area contributed by atoms with Crippen LogP contribution in [-0.4, -0.2) is 23.2 Å². The van der Waals surface area contributed by atoms with Gasteiger partial charge >= 0.3 is 12.1 Å². The number of carbonyl (C=O) groups is 2. The first-order valence-electron chi connectivity index (χ1n) is 12.7. The Morgan fingerprint density at radius 2 is 1.61 bits per heavy atom. The maximum Gasteiger partial charge on any atom is 0.434 e. The number of benzene rings is 2. The van der Waals surface area contributed by atoms with Gasteiger partial charge in [-0.05, 0) is 76.9 Å². The van der Waals surface area contributed by atoms with E-state index in [1.54, 1.807) is 38.1 Å². The molecule has 11 heteroatoms. The Hall–Kier alpha value is -3.34. The fourth-order valence-electron chi connectivity index (χ4n) is 4.35. The molecule has 0 atom stereocenters. The molecule has 0 radical (unpaired) electrons. The zero-order valence-electron chi connectivity index (χ0n) is 23.0. The summed E-state index contributed by atoms with van der Waals surface area (Å²) in [5.41, 5.74) is -3.24. The number of esters is 1. The van der Waals surface area contributed by atoms with Crippen LogP contribution in [0.1, 0.15) is 94.4 Å². The molecule has 41 heavy (non-hydrogen) atoms. The molecule has 220 valence electrons. The van der Waals surface area contributed by atoms with Crippen molar-refractivity contribution in [3.63, 3.8) is 0 Å². The van der Waals surface area contributed by atoms with E-state index >= 15 is 0 Å². The van der Waals surface area contributed by atoms with Gasteiger partial charge in [-0.25, -0.2) is 22.9 Å². The van der Waals surface area contributed by atoms with Crippen LogP contribution in [0, 0.1) is 11.7 Å². The summed E-state index contributed by atoms with van der Waals surface area (Å²) in [7, 11) is 0.905. The molecule has 4 nitrogen and oxygen atoms in total. The minimum absolute atomic E-state index is 0.0971. The van der Waals surface area contributed by atoms with Gasteiger partial charge in [0.25, 0.3) is 6.43 Å². The van der Waals surface area contributed by atoms with Crippen molar-refractivity contribution in [2.75, 3.05) is 7.11 Å². The Kier molecular flexibility index (Phi) is 10.3. The Balaban J connectivity index is 2.25. The number of pyridine rings is 1. The van der Waals surface area contributed by atoms with Crippen LogP contribution in [0.5, 0.6) is 0 Å². The molecule has 1 heterocycles. The van der Waals surface area contributed by atoms with Crippen LogP contribution in [0.2, 0.25) is 0 Å². The van der Waals surface area contributed by atoms with Crippen molar-refractivity contribution in [3.05, 3.63) is 93.1 Å². The van der Waals surface area contributed by atoms with Crippen LogP contribution in [0.3, 0.4) is 0 Å². The molecule has 0 spiro atoms. The minimum atomic E-state index is -5.27. The number of carbonyl (C=O) groups excluding carboxylic acids is 2. The lowest BCUT2D eigenvalue weighted by molar-refractivity contribution is -0.141. The molecule has 0 saturated carbocycles. The first-order valence-corrected chi connectivity index (χ1v) is 13.6. The number of hydrogen-bond donors (Lipinski definition) is 0. The van der Waals surface area contributed by atoms with Crippen LogP contribution in [0.25, 0.3) is 0 Å². The second kappa shape index (κ2) is 13.1. The van der Waals surface area contributed by atoms with Crippen molar-refractivity contribution in [3.8, 4) is 0 Å². The highest BCUT2D eigenvalue weighted by molar-refractivity contribution is 8.14. The maximum atomic E-state index is 14.2. The molecule has 1 aromatic heterocycles. The zero-order valence-corrected chi connectivity index (χ0v) is 23.9. The molecule has 0 saturated heterocycles. The molecule has 0 bridgehead atoms. The Bertz CT molecular complexity index is 1420. The monoisotopic (exact) mass is 597 g/mol. The van der Waals surface area contributed by atoms with Gasteiger partial charge in [0.15, 0.2) is 5.69 Å². The average molecular weight is 598 g/mol. The molecular weight excluding hydrogens is 568 g/mol. The zero-order chi connectivity index (χ0) is 30.6. The lowest BCUT2D eigenvalue weighted by atomic mass is 9.91. The maximum absolute atomic E-state index is 14.2. The smallest absolute Gasteiger partial charge is 0.434 e. The molecule has 0 fully saturated rings. The second-order valence-corrected chi connectivity index (χ2v) is 11.2. The van der Waals surface area contributed by atoms with Gasteiger partial charge in [-0.2, -0.15) is 13.2 Å². The van der Waals surface area contributed by atoms with Crippen molar-refractivity contribution in [2.45, 2.75) is 64.0 Å². The summed E-state index contributed by atoms with van der Waals surface area (Å²) >= 11 is 0.487. The first-order chi connectivity index (χ1) is 19.1. The Morgan fingerprint density at radius 1 is 0.976 bits per heavy atom. The largest absolute Gasteiger partial charge is 0.465 e.